The second kappa shape index (κ2) is 14.6. The minimum atomic E-state index is -4.19. The number of carbonyl (C=O) groups is 2. The molecule has 0 spiro atoms. The normalized spacial score (nSPS) is 11.9. The highest BCUT2D eigenvalue weighted by Gasteiger charge is 2.35. The van der Waals surface area contributed by atoms with E-state index in [1.807, 2.05) is 75.4 Å². The van der Waals surface area contributed by atoms with Crippen molar-refractivity contribution in [2.45, 2.75) is 51.6 Å². The molecule has 2 amide bonds. The van der Waals surface area contributed by atoms with Gasteiger partial charge in [0.15, 0.2) is 0 Å². The fourth-order valence-electron chi connectivity index (χ4n) is 4.99. The van der Waals surface area contributed by atoms with Crippen molar-refractivity contribution in [3.8, 4) is 0 Å². The van der Waals surface area contributed by atoms with Gasteiger partial charge in [0.2, 0.25) is 11.8 Å². The zero-order valence-electron chi connectivity index (χ0n) is 25.5. The van der Waals surface area contributed by atoms with E-state index in [-0.39, 0.29) is 23.8 Å². The number of likely N-dealkylation sites (N-methyl/N-ethyl adjacent to an activating group) is 1. The van der Waals surface area contributed by atoms with Crippen molar-refractivity contribution in [1.29, 1.82) is 0 Å². The van der Waals surface area contributed by atoms with Crippen LogP contribution in [0.5, 0.6) is 0 Å². The first kappa shape index (κ1) is 32.8. The van der Waals surface area contributed by atoms with E-state index < -0.39 is 28.5 Å². The van der Waals surface area contributed by atoms with E-state index in [9.17, 15) is 18.0 Å². The Labute approximate surface area is 265 Å². The lowest BCUT2D eigenvalue weighted by molar-refractivity contribution is -0.140. The molecule has 44 heavy (non-hydrogen) atoms. The standard InChI is InChI=1S/C35H38ClN3O4S/c1-5-37-35(41)33(22-28-9-7-6-8-10-28)38(23-29-15-11-25(2)12-16-29)34(40)24-39(32-20-17-30(36)21-27(32)4)44(42,43)31-18-13-26(3)14-19-31/h6-21,33H,5,22-24H2,1-4H3,(H,37,41)/t33-/m1/s1. The lowest BCUT2D eigenvalue weighted by atomic mass is 10.0. The molecule has 0 unspecified atom stereocenters. The molecule has 0 radical (unpaired) electrons. The molecule has 0 heterocycles. The van der Waals surface area contributed by atoms with Gasteiger partial charge in [-0.1, -0.05) is 89.5 Å². The van der Waals surface area contributed by atoms with Crippen molar-refractivity contribution in [2.24, 2.45) is 0 Å². The molecule has 4 aromatic carbocycles. The van der Waals surface area contributed by atoms with E-state index in [0.29, 0.717) is 22.8 Å². The maximum absolute atomic E-state index is 14.5. The van der Waals surface area contributed by atoms with Crippen molar-refractivity contribution in [2.75, 3.05) is 17.4 Å². The fraction of sp³-hybridized carbons (Fsp3) is 0.257. The van der Waals surface area contributed by atoms with Gasteiger partial charge in [-0.15, -0.1) is 0 Å². The monoisotopic (exact) mass is 631 g/mol. The van der Waals surface area contributed by atoms with Crippen molar-refractivity contribution in [3.05, 3.63) is 130 Å². The molecule has 0 fully saturated rings. The van der Waals surface area contributed by atoms with Gasteiger partial charge >= 0.3 is 0 Å². The number of hydrogen-bond donors (Lipinski definition) is 1. The molecule has 9 heteroatoms. The van der Waals surface area contributed by atoms with Crippen LogP contribution in [0, 0.1) is 20.8 Å². The summed E-state index contributed by atoms with van der Waals surface area (Å²) in [5.74, 6) is -0.824. The summed E-state index contributed by atoms with van der Waals surface area (Å²) in [4.78, 5) is 29.6. The molecular formula is C35H38ClN3O4S. The van der Waals surface area contributed by atoms with Gasteiger partial charge in [-0.2, -0.15) is 0 Å². The number of hydrogen-bond acceptors (Lipinski definition) is 4. The van der Waals surface area contributed by atoms with Gasteiger partial charge < -0.3 is 10.2 Å². The third-order valence-corrected chi connectivity index (χ3v) is 9.42. The second-order valence-electron chi connectivity index (χ2n) is 10.9. The predicted octanol–water partition coefficient (Wildman–Crippen LogP) is 6.24. The summed E-state index contributed by atoms with van der Waals surface area (Å²) in [5.41, 5.74) is 4.59. The molecule has 0 aromatic heterocycles. The maximum atomic E-state index is 14.5. The van der Waals surface area contributed by atoms with Crippen LogP contribution in [0.2, 0.25) is 5.02 Å². The highest BCUT2D eigenvalue weighted by molar-refractivity contribution is 7.92. The SMILES string of the molecule is CCNC(=O)[C@@H](Cc1ccccc1)N(Cc1ccc(C)cc1)C(=O)CN(c1ccc(Cl)cc1C)S(=O)(=O)c1ccc(C)cc1. The molecule has 230 valence electrons. The van der Waals surface area contributed by atoms with Crippen LogP contribution < -0.4 is 9.62 Å². The topological polar surface area (TPSA) is 86.8 Å². The Morgan fingerprint density at radius 2 is 1.43 bits per heavy atom. The number of sulfonamides is 1. The maximum Gasteiger partial charge on any atom is 0.264 e. The van der Waals surface area contributed by atoms with Gasteiger partial charge in [-0.05, 0) is 74.7 Å². The number of rotatable bonds is 12. The third-order valence-electron chi connectivity index (χ3n) is 7.41. The van der Waals surface area contributed by atoms with E-state index in [2.05, 4.69) is 5.32 Å². The van der Waals surface area contributed by atoms with Crippen LogP contribution in [0.4, 0.5) is 5.69 Å². The largest absolute Gasteiger partial charge is 0.355 e. The Morgan fingerprint density at radius 3 is 2.02 bits per heavy atom. The van der Waals surface area contributed by atoms with E-state index in [0.717, 1.165) is 26.6 Å². The van der Waals surface area contributed by atoms with Gasteiger partial charge in [0.05, 0.1) is 10.6 Å². The number of nitrogens with one attached hydrogen (secondary N) is 1. The van der Waals surface area contributed by atoms with Gasteiger partial charge in [-0.3, -0.25) is 13.9 Å². The van der Waals surface area contributed by atoms with Crippen LogP contribution >= 0.6 is 11.6 Å². The Balaban J connectivity index is 1.81. The Hall–Kier alpha value is -4.14. The first-order valence-corrected chi connectivity index (χ1v) is 16.3. The van der Waals surface area contributed by atoms with Crippen LogP contribution in [-0.2, 0) is 32.6 Å². The molecule has 1 atom stereocenters. The quantitative estimate of drug-likeness (QED) is 0.201. The van der Waals surface area contributed by atoms with Crippen molar-refractivity contribution in [3.63, 3.8) is 0 Å². The number of anilines is 1. The number of benzene rings is 4. The Bertz CT molecular complexity index is 1690. The van der Waals surface area contributed by atoms with Crippen LogP contribution in [0.3, 0.4) is 0 Å². The highest BCUT2D eigenvalue weighted by Crippen LogP contribution is 2.30. The summed E-state index contributed by atoms with van der Waals surface area (Å²) in [6.45, 7) is 7.40. The van der Waals surface area contributed by atoms with Crippen molar-refractivity contribution in [1.82, 2.24) is 10.2 Å². The minimum Gasteiger partial charge on any atom is -0.355 e. The summed E-state index contributed by atoms with van der Waals surface area (Å²) >= 11 is 6.22. The summed E-state index contributed by atoms with van der Waals surface area (Å²) < 4.78 is 29.5. The van der Waals surface area contributed by atoms with Gasteiger partial charge in [-0.25, -0.2) is 8.42 Å². The smallest absolute Gasteiger partial charge is 0.264 e. The summed E-state index contributed by atoms with van der Waals surface area (Å²) in [7, 11) is -4.19. The van der Waals surface area contributed by atoms with E-state index >= 15 is 0 Å². The molecule has 4 rings (SSSR count). The van der Waals surface area contributed by atoms with E-state index in [4.69, 9.17) is 11.6 Å². The number of nitrogens with zero attached hydrogens (tertiary/aromatic N) is 2. The lowest BCUT2D eigenvalue weighted by Gasteiger charge is -2.34. The zero-order chi connectivity index (χ0) is 31.9. The summed E-state index contributed by atoms with van der Waals surface area (Å²) in [5, 5.41) is 3.33. The van der Waals surface area contributed by atoms with Crippen molar-refractivity contribution < 1.29 is 18.0 Å². The first-order chi connectivity index (χ1) is 21.0. The number of halogens is 1. The highest BCUT2D eigenvalue weighted by atomic mass is 35.5. The number of carbonyl (C=O) groups excluding carboxylic acids is 2. The lowest BCUT2D eigenvalue weighted by Crippen LogP contribution is -2.53. The molecule has 0 saturated heterocycles. The molecule has 0 saturated carbocycles. The van der Waals surface area contributed by atoms with Gasteiger partial charge in [0.25, 0.3) is 10.0 Å². The van der Waals surface area contributed by atoms with Crippen LogP contribution in [0.1, 0.15) is 34.7 Å². The minimum absolute atomic E-state index is 0.0555. The molecule has 4 aromatic rings. The van der Waals surface area contributed by atoms with E-state index in [1.54, 1.807) is 37.3 Å². The molecule has 0 bridgehead atoms. The fourth-order valence-corrected chi connectivity index (χ4v) is 6.69. The van der Waals surface area contributed by atoms with Crippen LogP contribution in [0.25, 0.3) is 0 Å². The summed E-state index contributed by atoms with van der Waals surface area (Å²) in [6.07, 6.45) is 0.259. The van der Waals surface area contributed by atoms with Crippen LogP contribution in [0.15, 0.2) is 102 Å². The molecule has 1 N–H and O–H groups in total. The second-order valence-corrected chi connectivity index (χ2v) is 13.2. The summed E-state index contributed by atoms with van der Waals surface area (Å²) in [6, 6.07) is 27.7. The number of amides is 2. The average Bonchev–Trinajstić information content (AvgIpc) is 2.99. The van der Waals surface area contributed by atoms with E-state index in [1.165, 1.54) is 17.0 Å². The Morgan fingerprint density at radius 1 is 0.818 bits per heavy atom. The third kappa shape index (κ3) is 8.07. The molecule has 0 aliphatic heterocycles. The Kier molecular flexibility index (Phi) is 10.8. The molecule has 7 nitrogen and oxygen atoms in total. The zero-order valence-corrected chi connectivity index (χ0v) is 27.0. The van der Waals surface area contributed by atoms with Gasteiger partial charge in [0, 0.05) is 24.5 Å². The van der Waals surface area contributed by atoms with Crippen molar-refractivity contribution >= 4 is 39.1 Å². The first-order valence-electron chi connectivity index (χ1n) is 14.5. The average molecular weight is 632 g/mol. The molecular weight excluding hydrogens is 594 g/mol. The van der Waals surface area contributed by atoms with Crippen LogP contribution in [-0.4, -0.2) is 44.3 Å². The number of aryl methyl sites for hydroxylation is 3. The predicted molar refractivity (Wildman–Crippen MR) is 176 cm³/mol. The molecule has 0 aliphatic carbocycles. The molecule has 0 aliphatic rings. The van der Waals surface area contributed by atoms with Gasteiger partial charge in [0.1, 0.15) is 12.6 Å².